The third-order valence-electron chi connectivity index (χ3n) is 4.59. The first-order valence-corrected chi connectivity index (χ1v) is 9.95. The SMILES string of the molecule is Cc1cc(OCC(=O)Nc2ccccc2C(=O)N[C@H](C)c2ccccc2)ccc1Cl. The largest absolute Gasteiger partial charge is 0.484 e. The van der Waals surface area contributed by atoms with Crippen LogP contribution in [-0.4, -0.2) is 18.4 Å². The maximum Gasteiger partial charge on any atom is 0.262 e. The Kier molecular flexibility index (Phi) is 7.09. The number of aryl methyl sites for hydroxylation is 1. The molecule has 154 valence electrons. The maximum atomic E-state index is 12.8. The lowest BCUT2D eigenvalue weighted by Gasteiger charge is -2.16. The van der Waals surface area contributed by atoms with Crippen molar-refractivity contribution in [2.75, 3.05) is 11.9 Å². The van der Waals surface area contributed by atoms with Crippen LogP contribution in [-0.2, 0) is 4.79 Å². The first-order valence-electron chi connectivity index (χ1n) is 9.57. The van der Waals surface area contributed by atoms with E-state index in [0.717, 1.165) is 11.1 Å². The van der Waals surface area contributed by atoms with E-state index in [0.29, 0.717) is 22.0 Å². The Bertz CT molecular complexity index is 1040. The number of hydrogen-bond donors (Lipinski definition) is 2. The average Bonchev–Trinajstić information content (AvgIpc) is 2.75. The summed E-state index contributed by atoms with van der Waals surface area (Å²) in [6.45, 7) is 3.59. The molecule has 1 atom stereocenters. The van der Waals surface area contributed by atoms with Crippen LogP contribution in [0.15, 0.2) is 72.8 Å². The summed E-state index contributed by atoms with van der Waals surface area (Å²) >= 11 is 6.00. The number of carbonyl (C=O) groups is 2. The smallest absolute Gasteiger partial charge is 0.262 e. The van der Waals surface area contributed by atoms with E-state index in [1.807, 2.05) is 44.2 Å². The second-order valence-corrected chi connectivity index (χ2v) is 7.31. The molecule has 6 heteroatoms. The zero-order valence-corrected chi connectivity index (χ0v) is 17.6. The minimum absolute atomic E-state index is 0.168. The zero-order valence-electron chi connectivity index (χ0n) is 16.8. The molecule has 2 amide bonds. The Morgan fingerprint density at radius 3 is 2.43 bits per heavy atom. The monoisotopic (exact) mass is 422 g/mol. The molecule has 3 aromatic rings. The van der Waals surface area contributed by atoms with E-state index < -0.39 is 0 Å². The summed E-state index contributed by atoms with van der Waals surface area (Å²) in [5.41, 5.74) is 2.68. The summed E-state index contributed by atoms with van der Waals surface area (Å²) in [6.07, 6.45) is 0. The molecule has 0 fully saturated rings. The van der Waals surface area contributed by atoms with Crippen LogP contribution >= 0.6 is 11.6 Å². The van der Waals surface area contributed by atoms with Gasteiger partial charge in [0.05, 0.1) is 17.3 Å². The predicted molar refractivity (Wildman–Crippen MR) is 119 cm³/mol. The van der Waals surface area contributed by atoms with Crippen LogP contribution in [0.4, 0.5) is 5.69 Å². The van der Waals surface area contributed by atoms with Gasteiger partial charge < -0.3 is 15.4 Å². The summed E-state index contributed by atoms with van der Waals surface area (Å²) in [4.78, 5) is 25.1. The topological polar surface area (TPSA) is 67.4 Å². The van der Waals surface area contributed by atoms with Crippen LogP contribution in [0.1, 0.15) is 34.5 Å². The lowest BCUT2D eigenvalue weighted by molar-refractivity contribution is -0.118. The van der Waals surface area contributed by atoms with Gasteiger partial charge in [-0.3, -0.25) is 9.59 Å². The van der Waals surface area contributed by atoms with E-state index in [2.05, 4.69) is 10.6 Å². The van der Waals surface area contributed by atoms with Crippen molar-refractivity contribution in [2.45, 2.75) is 19.9 Å². The Morgan fingerprint density at radius 2 is 1.70 bits per heavy atom. The molecule has 3 aromatic carbocycles. The quantitative estimate of drug-likeness (QED) is 0.552. The third kappa shape index (κ3) is 5.61. The number of benzene rings is 3. The van der Waals surface area contributed by atoms with E-state index in [9.17, 15) is 9.59 Å². The standard InChI is InChI=1S/C24H23ClN2O3/c1-16-14-19(12-13-21(16)25)30-15-23(28)27-22-11-7-6-10-20(22)24(29)26-17(2)18-8-4-3-5-9-18/h3-14,17H,15H2,1-2H3,(H,26,29)(H,27,28)/t17-/m1/s1. The molecule has 0 aromatic heterocycles. The molecule has 0 saturated heterocycles. The first-order chi connectivity index (χ1) is 14.4. The van der Waals surface area contributed by atoms with Gasteiger partial charge in [-0.25, -0.2) is 0 Å². The fraction of sp³-hybridized carbons (Fsp3) is 0.167. The Morgan fingerprint density at radius 1 is 1.00 bits per heavy atom. The van der Waals surface area contributed by atoms with Gasteiger partial charge in [0.1, 0.15) is 5.75 Å². The van der Waals surface area contributed by atoms with Gasteiger partial charge in [-0.2, -0.15) is 0 Å². The lowest BCUT2D eigenvalue weighted by Crippen LogP contribution is -2.28. The normalized spacial score (nSPS) is 11.4. The van der Waals surface area contributed by atoms with Gasteiger partial charge in [0.25, 0.3) is 11.8 Å². The molecule has 0 radical (unpaired) electrons. The molecule has 0 unspecified atom stereocenters. The highest BCUT2D eigenvalue weighted by Crippen LogP contribution is 2.21. The van der Waals surface area contributed by atoms with Crippen molar-refractivity contribution in [2.24, 2.45) is 0 Å². The Labute approximate surface area is 181 Å². The van der Waals surface area contributed by atoms with Crippen molar-refractivity contribution < 1.29 is 14.3 Å². The van der Waals surface area contributed by atoms with Gasteiger partial charge in [0.15, 0.2) is 6.61 Å². The van der Waals surface area contributed by atoms with Gasteiger partial charge in [0, 0.05) is 5.02 Å². The number of para-hydroxylation sites is 1. The fourth-order valence-electron chi connectivity index (χ4n) is 2.93. The first kappa shape index (κ1) is 21.4. The van der Waals surface area contributed by atoms with Crippen molar-refractivity contribution >= 4 is 29.1 Å². The van der Waals surface area contributed by atoms with Crippen LogP contribution in [0.5, 0.6) is 5.75 Å². The highest BCUT2D eigenvalue weighted by Gasteiger charge is 2.16. The van der Waals surface area contributed by atoms with Crippen molar-refractivity contribution in [3.05, 3.63) is 94.5 Å². The van der Waals surface area contributed by atoms with Crippen LogP contribution in [0, 0.1) is 6.92 Å². The molecule has 30 heavy (non-hydrogen) atoms. The number of halogens is 1. The fourth-order valence-corrected chi connectivity index (χ4v) is 3.05. The number of rotatable bonds is 7. The summed E-state index contributed by atoms with van der Waals surface area (Å²) in [6, 6.07) is 21.6. The van der Waals surface area contributed by atoms with Crippen LogP contribution in [0.2, 0.25) is 5.02 Å². The molecule has 0 saturated carbocycles. The Balaban J connectivity index is 1.63. The molecule has 0 spiro atoms. The highest BCUT2D eigenvalue weighted by molar-refractivity contribution is 6.31. The lowest BCUT2D eigenvalue weighted by atomic mass is 10.1. The maximum absolute atomic E-state index is 12.8. The summed E-state index contributed by atoms with van der Waals surface area (Å²) in [7, 11) is 0. The number of carbonyl (C=O) groups excluding carboxylic acids is 2. The molecule has 0 aliphatic heterocycles. The molecule has 0 aliphatic carbocycles. The third-order valence-corrected chi connectivity index (χ3v) is 5.02. The van der Waals surface area contributed by atoms with Gasteiger partial charge in [-0.1, -0.05) is 54.1 Å². The van der Waals surface area contributed by atoms with E-state index in [1.54, 1.807) is 42.5 Å². The second-order valence-electron chi connectivity index (χ2n) is 6.90. The van der Waals surface area contributed by atoms with Crippen molar-refractivity contribution in [1.82, 2.24) is 5.32 Å². The minimum Gasteiger partial charge on any atom is -0.484 e. The minimum atomic E-state index is -0.362. The molecule has 0 aliphatic rings. The van der Waals surface area contributed by atoms with Gasteiger partial charge >= 0.3 is 0 Å². The van der Waals surface area contributed by atoms with Crippen molar-refractivity contribution in [1.29, 1.82) is 0 Å². The second kappa shape index (κ2) is 9.94. The number of hydrogen-bond acceptors (Lipinski definition) is 3. The van der Waals surface area contributed by atoms with Gasteiger partial charge in [-0.05, 0) is 55.3 Å². The van der Waals surface area contributed by atoms with Gasteiger partial charge in [-0.15, -0.1) is 0 Å². The van der Waals surface area contributed by atoms with Crippen LogP contribution < -0.4 is 15.4 Å². The van der Waals surface area contributed by atoms with E-state index in [1.165, 1.54) is 0 Å². The zero-order chi connectivity index (χ0) is 21.5. The molecular formula is C24H23ClN2O3. The molecule has 0 heterocycles. The van der Waals surface area contributed by atoms with Crippen LogP contribution in [0.25, 0.3) is 0 Å². The van der Waals surface area contributed by atoms with Crippen molar-refractivity contribution in [3.63, 3.8) is 0 Å². The number of amides is 2. The molecular weight excluding hydrogens is 400 g/mol. The molecule has 3 rings (SSSR count). The van der Waals surface area contributed by atoms with Crippen molar-refractivity contribution in [3.8, 4) is 5.75 Å². The van der Waals surface area contributed by atoms with Gasteiger partial charge in [0.2, 0.25) is 0 Å². The van der Waals surface area contributed by atoms with E-state index in [4.69, 9.17) is 16.3 Å². The Hall–Kier alpha value is -3.31. The average molecular weight is 423 g/mol. The predicted octanol–water partition coefficient (Wildman–Crippen LogP) is 5.16. The summed E-state index contributed by atoms with van der Waals surface area (Å²) in [5, 5.41) is 6.35. The number of nitrogens with one attached hydrogen (secondary N) is 2. The molecule has 2 N–H and O–H groups in total. The van der Waals surface area contributed by atoms with E-state index >= 15 is 0 Å². The molecule has 5 nitrogen and oxygen atoms in total. The van der Waals surface area contributed by atoms with Crippen LogP contribution in [0.3, 0.4) is 0 Å². The number of ether oxygens (including phenoxy) is 1. The summed E-state index contributed by atoms with van der Waals surface area (Å²) in [5.74, 6) is -0.0785. The molecule has 0 bridgehead atoms. The summed E-state index contributed by atoms with van der Waals surface area (Å²) < 4.78 is 5.53. The number of anilines is 1. The highest BCUT2D eigenvalue weighted by atomic mass is 35.5. The van der Waals surface area contributed by atoms with E-state index in [-0.39, 0.29) is 24.5 Å².